The lowest BCUT2D eigenvalue weighted by molar-refractivity contribution is -0.142. The second kappa shape index (κ2) is 9.30. The van der Waals surface area contributed by atoms with Gasteiger partial charge in [-0.2, -0.15) is 0 Å². The maximum absolute atomic E-state index is 11.1. The zero-order valence-electron chi connectivity index (χ0n) is 12.0. The highest BCUT2D eigenvalue weighted by molar-refractivity contribution is 6.67. The molecule has 0 spiro atoms. The van der Waals surface area contributed by atoms with Crippen LogP contribution in [0.5, 0.6) is 0 Å². The van der Waals surface area contributed by atoms with Gasteiger partial charge in [0.05, 0.1) is 6.10 Å². The van der Waals surface area contributed by atoms with Gasteiger partial charge in [-0.05, 0) is 39.3 Å². The summed E-state index contributed by atoms with van der Waals surface area (Å²) >= 11 is 0. The van der Waals surface area contributed by atoms with Crippen LogP contribution in [0.15, 0.2) is 12.7 Å². The molecule has 0 aliphatic carbocycles. The summed E-state index contributed by atoms with van der Waals surface area (Å²) in [7, 11) is -2.11. The van der Waals surface area contributed by atoms with Gasteiger partial charge < -0.3 is 13.6 Å². The van der Waals surface area contributed by atoms with E-state index in [0.29, 0.717) is 13.2 Å². The molecule has 0 radical (unpaired) electrons. The predicted molar refractivity (Wildman–Crippen MR) is 74.7 cm³/mol. The van der Waals surface area contributed by atoms with Crippen molar-refractivity contribution in [3.8, 4) is 0 Å². The van der Waals surface area contributed by atoms with Crippen LogP contribution >= 0.6 is 0 Å². The highest BCUT2D eigenvalue weighted by Gasteiger charge is 2.35. The van der Waals surface area contributed by atoms with Crippen molar-refractivity contribution in [3.63, 3.8) is 0 Å². The number of carbonyl (C=O) groups excluding carboxylic acids is 1. The van der Waals surface area contributed by atoms with E-state index in [1.54, 1.807) is 0 Å². The molecule has 0 N–H and O–H groups in total. The van der Waals surface area contributed by atoms with Crippen LogP contribution in [-0.2, 0) is 18.4 Å². The molecule has 0 rings (SSSR count). The zero-order chi connectivity index (χ0) is 14.0. The highest BCUT2D eigenvalue weighted by atomic mass is 28.4. The maximum Gasteiger partial charge on any atom is 0.337 e. The molecule has 0 fully saturated rings. The molecule has 4 nitrogen and oxygen atoms in total. The first-order valence-corrected chi connectivity index (χ1v) is 8.87. The van der Waals surface area contributed by atoms with Gasteiger partial charge in [-0.15, -0.1) is 0 Å². The second-order valence-corrected chi connectivity index (χ2v) is 7.73. The first-order valence-electron chi connectivity index (χ1n) is 6.64. The fraction of sp³-hybridized carbons (Fsp3) is 0.769. The van der Waals surface area contributed by atoms with E-state index in [1.165, 1.54) is 6.08 Å². The monoisotopic (exact) mass is 274 g/mol. The van der Waals surface area contributed by atoms with Crippen molar-refractivity contribution in [3.05, 3.63) is 12.7 Å². The van der Waals surface area contributed by atoms with Crippen molar-refractivity contribution in [1.29, 1.82) is 0 Å². The van der Waals surface area contributed by atoms with E-state index < -0.39 is 8.56 Å². The fourth-order valence-electron chi connectivity index (χ4n) is 1.82. The SMILES string of the molecule is C=CC(=O)OC(C)CC[Si](CC)(OCC)OCC. The summed E-state index contributed by atoms with van der Waals surface area (Å²) < 4.78 is 16.9. The summed E-state index contributed by atoms with van der Waals surface area (Å²) in [6.07, 6.45) is 1.82. The molecule has 5 heteroatoms. The molecule has 0 aliphatic rings. The van der Waals surface area contributed by atoms with Crippen LogP contribution in [0.2, 0.25) is 12.1 Å². The zero-order valence-corrected chi connectivity index (χ0v) is 13.0. The van der Waals surface area contributed by atoms with E-state index in [2.05, 4.69) is 13.5 Å². The average Bonchev–Trinajstić information content (AvgIpc) is 2.36. The first kappa shape index (κ1) is 17.3. The lowest BCUT2D eigenvalue weighted by Gasteiger charge is -2.29. The van der Waals surface area contributed by atoms with Crippen molar-refractivity contribution in [2.75, 3.05) is 13.2 Å². The maximum atomic E-state index is 11.1. The third kappa shape index (κ3) is 6.33. The predicted octanol–water partition coefficient (Wildman–Crippen LogP) is 3.03. The van der Waals surface area contributed by atoms with E-state index in [1.807, 2.05) is 20.8 Å². The number of hydrogen-bond acceptors (Lipinski definition) is 4. The summed E-state index contributed by atoms with van der Waals surface area (Å²) in [5.74, 6) is -0.376. The Hall–Kier alpha value is -0.653. The molecule has 1 atom stereocenters. The Kier molecular flexibility index (Phi) is 8.96. The second-order valence-electron chi connectivity index (χ2n) is 4.12. The Morgan fingerprint density at radius 1 is 1.28 bits per heavy atom. The topological polar surface area (TPSA) is 44.8 Å². The minimum absolute atomic E-state index is 0.130. The lowest BCUT2D eigenvalue weighted by atomic mass is 10.3. The number of rotatable bonds is 10. The Balaban J connectivity index is 4.31. The summed E-state index contributed by atoms with van der Waals surface area (Å²) in [5, 5.41) is 0. The van der Waals surface area contributed by atoms with Crippen LogP contribution in [0.1, 0.15) is 34.1 Å². The van der Waals surface area contributed by atoms with Gasteiger partial charge in [0.25, 0.3) is 0 Å². The van der Waals surface area contributed by atoms with E-state index >= 15 is 0 Å². The number of hydrogen-bond donors (Lipinski definition) is 0. The molecule has 0 saturated carbocycles. The standard InChI is InChI=1S/C13H26O4Si/c1-6-13(14)17-12(5)10-11-18(9-4,15-7-2)16-8-3/h6,12H,1,7-11H2,2-5H3. The van der Waals surface area contributed by atoms with Gasteiger partial charge in [0.2, 0.25) is 0 Å². The Morgan fingerprint density at radius 2 is 1.83 bits per heavy atom. The van der Waals surface area contributed by atoms with Gasteiger partial charge in [0.15, 0.2) is 0 Å². The van der Waals surface area contributed by atoms with E-state index in [0.717, 1.165) is 18.5 Å². The third-order valence-electron chi connectivity index (χ3n) is 2.77. The van der Waals surface area contributed by atoms with Crippen molar-refractivity contribution < 1.29 is 18.4 Å². The molecule has 0 heterocycles. The van der Waals surface area contributed by atoms with Crippen LogP contribution in [0.25, 0.3) is 0 Å². The van der Waals surface area contributed by atoms with Crippen molar-refractivity contribution in [2.24, 2.45) is 0 Å². The largest absolute Gasteiger partial charge is 0.460 e. The smallest absolute Gasteiger partial charge is 0.337 e. The van der Waals surface area contributed by atoms with Gasteiger partial charge in [0.1, 0.15) is 0 Å². The first-order chi connectivity index (χ1) is 8.53. The summed E-state index contributed by atoms with van der Waals surface area (Å²) in [6, 6.07) is 1.76. The summed E-state index contributed by atoms with van der Waals surface area (Å²) in [5.41, 5.74) is 0. The van der Waals surface area contributed by atoms with Crippen molar-refractivity contribution >= 4 is 14.5 Å². The molecule has 0 bridgehead atoms. The molecule has 18 heavy (non-hydrogen) atoms. The van der Waals surface area contributed by atoms with Gasteiger partial charge in [-0.3, -0.25) is 0 Å². The van der Waals surface area contributed by atoms with Crippen LogP contribution < -0.4 is 0 Å². The lowest BCUT2D eigenvalue weighted by Crippen LogP contribution is -2.42. The van der Waals surface area contributed by atoms with Crippen molar-refractivity contribution in [1.82, 2.24) is 0 Å². The molecule has 0 saturated heterocycles. The van der Waals surface area contributed by atoms with E-state index in [9.17, 15) is 4.79 Å². The number of carbonyl (C=O) groups is 1. The quantitative estimate of drug-likeness (QED) is 0.349. The molecular weight excluding hydrogens is 248 g/mol. The van der Waals surface area contributed by atoms with Crippen LogP contribution in [-0.4, -0.2) is 33.8 Å². The molecule has 1 unspecified atom stereocenters. The number of esters is 1. The van der Waals surface area contributed by atoms with Crippen LogP contribution in [0, 0.1) is 0 Å². The molecule has 0 amide bonds. The van der Waals surface area contributed by atoms with E-state index in [-0.39, 0.29) is 12.1 Å². The Labute approximate surface area is 112 Å². The third-order valence-corrected chi connectivity index (χ3v) is 6.53. The average molecular weight is 274 g/mol. The van der Waals surface area contributed by atoms with Crippen LogP contribution in [0.3, 0.4) is 0 Å². The normalized spacial score (nSPS) is 13.1. The number of ether oxygens (including phenoxy) is 1. The minimum Gasteiger partial charge on any atom is -0.460 e. The summed E-state index contributed by atoms with van der Waals surface area (Å²) in [6.45, 7) is 12.7. The van der Waals surface area contributed by atoms with Crippen molar-refractivity contribution in [2.45, 2.75) is 52.3 Å². The molecule has 0 aromatic rings. The minimum atomic E-state index is -2.11. The van der Waals surface area contributed by atoms with Crippen LogP contribution in [0.4, 0.5) is 0 Å². The summed E-state index contributed by atoms with van der Waals surface area (Å²) in [4.78, 5) is 11.1. The molecule has 106 valence electrons. The van der Waals surface area contributed by atoms with Gasteiger partial charge in [-0.1, -0.05) is 13.5 Å². The fourth-order valence-corrected chi connectivity index (χ4v) is 4.85. The highest BCUT2D eigenvalue weighted by Crippen LogP contribution is 2.22. The van der Waals surface area contributed by atoms with E-state index in [4.69, 9.17) is 13.6 Å². The van der Waals surface area contributed by atoms with Gasteiger partial charge in [0, 0.05) is 19.3 Å². The Bertz CT molecular complexity index is 249. The molecular formula is C13H26O4Si. The van der Waals surface area contributed by atoms with Gasteiger partial charge >= 0.3 is 14.5 Å². The molecule has 0 aliphatic heterocycles. The van der Waals surface area contributed by atoms with Gasteiger partial charge in [-0.25, -0.2) is 4.79 Å². The molecule has 0 aromatic heterocycles. The molecule has 0 aromatic carbocycles. The Morgan fingerprint density at radius 3 is 2.22 bits per heavy atom.